The Hall–Kier alpha value is -2.99. The van der Waals surface area contributed by atoms with Crippen molar-refractivity contribution in [2.45, 2.75) is 75.2 Å². The van der Waals surface area contributed by atoms with Gasteiger partial charge in [-0.05, 0) is 55.7 Å². The fraction of sp³-hybridized carbons (Fsp3) is 0.500. The molecule has 3 amide bonds. The standard InChI is InChI=1S/C18H26N4O2.C10H8F2NO3PS/c23-17-8-3-1-2-5-14-6-4-7-16(22(14)17)18(24)21-11-15(12-21)20-10-9-19-13-20;11-10(12,17(15)16)6-1-2-7-5(3-6)4-8(18-7)9(13)14/h9-10,13-16H,1-8,11-12H2;1-4,15-16H,(H2,13,14)/t14?,16-;/m0./s1. The van der Waals surface area contributed by atoms with Gasteiger partial charge in [0.15, 0.2) is 0 Å². The number of rotatable bonds is 5. The highest BCUT2D eigenvalue weighted by Gasteiger charge is 2.43. The fourth-order valence-corrected chi connectivity index (χ4v) is 7.20. The van der Waals surface area contributed by atoms with Crippen molar-refractivity contribution in [1.29, 1.82) is 0 Å². The van der Waals surface area contributed by atoms with Gasteiger partial charge in [0, 0.05) is 48.2 Å². The zero-order chi connectivity index (χ0) is 30.0. The number of aromatic nitrogens is 2. The molecule has 42 heavy (non-hydrogen) atoms. The van der Waals surface area contributed by atoms with Gasteiger partial charge >= 0.3 is 5.66 Å². The first-order valence-corrected chi connectivity index (χ1v) is 16.1. The number of halogens is 2. The Morgan fingerprint density at radius 1 is 1.05 bits per heavy atom. The number of piperidine rings is 1. The molecule has 0 spiro atoms. The van der Waals surface area contributed by atoms with Gasteiger partial charge in [0.25, 0.3) is 5.91 Å². The molecule has 6 rings (SSSR count). The number of imidazole rings is 1. The third-order valence-corrected chi connectivity index (χ3v) is 10.1. The molecule has 2 aromatic heterocycles. The zero-order valence-electron chi connectivity index (χ0n) is 22.9. The molecule has 1 unspecified atom stereocenters. The van der Waals surface area contributed by atoms with Crippen LogP contribution in [0, 0.1) is 0 Å². The SMILES string of the molecule is NC(=O)c1cc2cc(C(F)(F)P(O)O)ccc2s1.O=C([C@@H]1CCCC2CCCCCC(=O)N21)N1CC(n2ccnc2)C1. The molecule has 0 saturated carbocycles. The molecule has 226 valence electrons. The Bertz CT molecular complexity index is 1430. The predicted molar refractivity (Wildman–Crippen MR) is 155 cm³/mol. The lowest BCUT2D eigenvalue weighted by Crippen LogP contribution is -2.61. The van der Waals surface area contributed by atoms with Crippen LogP contribution in [-0.2, 0) is 15.3 Å². The molecular formula is C28H34F2N5O5PS. The van der Waals surface area contributed by atoms with Crippen LogP contribution >= 0.6 is 19.7 Å². The topological polar surface area (TPSA) is 142 Å². The number of fused-ring (bicyclic) bond motifs is 2. The van der Waals surface area contributed by atoms with Crippen LogP contribution in [0.1, 0.15) is 72.6 Å². The maximum atomic E-state index is 13.4. The number of alkyl halides is 2. The van der Waals surface area contributed by atoms with Crippen molar-refractivity contribution >= 4 is 47.5 Å². The van der Waals surface area contributed by atoms with Gasteiger partial charge in [-0.15, -0.1) is 11.3 Å². The molecule has 3 saturated heterocycles. The highest BCUT2D eigenvalue weighted by Crippen LogP contribution is 2.53. The van der Waals surface area contributed by atoms with Gasteiger partial charge in [-0.2, -0.15) is 8.78 Å². The molecule has 5 heterocycles. The molecule has 3 aliphatic rings. The van der Waals surface area contributed by atoms with E-state index in [1.807, 2.05) is 22.3 Å². The number of nitrogens with two attached hydrogens (primary N) is 1. The first-order valence-electron chi connectivity index (χ1n) is 14.0. The minimum Gasteiger partial charge on any atom is -0.365 e. The summed E-state index contributed by atoms with van der Waals surface area (Å²) in [5.74, 6) is -0.273. The van der Waals surface area contributed by atoms with E-state index in [0.717, 1.165) is 75.1 Å². The average Bonchev–Trinajstić information content (AvgIpc) is 3.61. The van der Waals surface area contributed by atoms with Crippen LogP contribution < -0.4 is 5.73 Å². The maximum Gasteiger partial charge on any atom is 0.339 e. The second-order valence-electron chi connectivity index (χ2n) is 11.0. The van der Waals surface area contributed by atoms with Crippen molar-refractivity contribution in [2.75, 3.05) is 13.1 Å². The van der Waals surface area contributed by atoms with E-state index in [9.17, 15) is 23.2 Å². The number of carbonyl (C=O) groups is 3. The van der Waals surface area contributed by atoms with E-state index in [0.29, 0.717) is 22.5 Å². The minimum absolute atomic E-state index is 0.157. The smallest absolute Gasteiger partial charge is 0.339 e. The summed E-state index contributed by atoms with van der Waals surface area (Å²) in [6, 6.07) is 5.42. The van der Waals surface area contributed by atoms with E-state index in [4.69, 9.17) is 15.5 Å². The van der Waals surface area contributed by atoms with Crippen molar-refractivity contribution in [2.24, 2.45) is 5.73 Å². The summed E-state index contributed by atoms with van der Waals surface area (Å²) in [4.78, 5) is 62.2. The van der Waals surface area contributed by atoms with Crippen molar-refractivity contribution in [3.63, 3.8) is 0 Å². The van der Waals surface area contributed by atoms with E-state index in [1.54, 1.807) is 6.20 Å². The Morgan fingerprint density at radius 2 is 1.81 bits per heavy atom. The van der Waals surface area contributed by atoms with Gasteiger partial charge in [-0.3, -0.25) is 14.4 Å². The molecule has 0 aliphatic carbocycles. The average molecular weight is 622 g/mol. The van der Waals surface area contributed by atoms with Gasteiger partial charge in [0.2, 0.25) is 20.2 Å². The predicted octanol–water partition coefficient (Wildman–Crippen LogP) is 4.33. The Labute approximate surface area is 247 Å². The van der Waals surface area contributed by atoms with Crippen LogP contribution in [0.2, 0.25) is 0 Å². The first kappa shape index (κ1) is 30.5. The van der Waals surface area contributed by atoms with Crippen LogP contribution in [0.4, 0.5) is 8.78 Å². The number of benzene rings is 1. The number of hydrogen-bond donors (Lipinski definition) is 3. The highest BCUT2D eigenvalue weighted by molar-refractivity contribution is 7.46. The lowest BCUT2D eigenvalue weighted by Gasteiger charge is -2.47. The summed E-state index contributed by atoms with van der Waals surface area (Å²) in [5, 5.41) is 0.419. The summed E-state index contributed by atoms with van der Waals surface area (Å²) < 4.78 is 29.5. The van der Waals surface area contributed by atoms with Gasteiger partial charge < -0.3 is 29.9 Å². The third kappa shape index (κ3) is 6.34. The van der Waals surface area contributed by atoms with Crippen LogP contribution in [0.15, 0.2) is 43.0 Å². The van der Waals surface area contributed by atoms with Crippen molar-refractivity contribution in [3.8, 4) is 0 Å². The van der Waals surface area contributed by atoms with E-state index in [2.05, 4.69) is 9.55 Å². The quantitative estimate of drug-likeness (QED) is 0.362. The van der Waals surface area contributed by atoms with Crippen LogP contribution in [0.3, 0.4) is 0 Å². The summed E-state index contributed by atoms with van der Waals surface area (Å²) >= 11 is 1.09. The van der Waals surface area contributed by atoms with Crippen LogP contribution in [0.5, 0.6) is 0 Å². The molecule has 3 aliphatic heterocycles. The number of likely N-dealkylation sites (tertiary alicyclic amines) is 1. The molecule has 0 radical (unpaired) electrons. The monoisotopic (exact) mass is 621 g/mol. The summed E-state index contributed by atoms with van der Waals surface area (Å²) in [6.45, 7) is 1.47. The Morgan fingerprint density at radius 3 is 2.50 bits per heavy atom. The highest BCUT2D eigenvalue weighted by atomic mass is 32.1. The molecule has 2 atom stereocenters. The van der Waals surface area contributed by atoms with Gasteiger partial charge in [-0.1, -0.05) is 18.9 Å². The molecule has 3 fully saturated rings. The lowest BCUT2D eigenvalue weighted by molar-refractivity contribution is -0.155. The summed E-state index contributed by atoms with van der Waals surface area (Å²) in [6.07, 6.45) is 13.4. The Balaban J connectivity index is 0.000000176. The van der Waals surface area contributed by atoms with E-state index in [-0.39, 0.29) is 28.8 Å². The van der Waals surface area contributed by atoms with Gasteiger partial charge in [-0.25, -0.2) is 4.98 Å². The van der Waals surface area contributed by atoms with Crippen molar-refractivity contribution in [3.05, 3.63) is 53.4 Å². The second kappa shape index (κ2) is 12.7. The molecule has 10 nitrogen and oxygen atoms in total. The number of amides is 3. The van der Waals surface area contributed by atoms with Crippen LogP contribution in [0.25, 0.3) is 10.1 Å². The number of primary amides is 1. The normalized spacial score (nSPS) is 21.7. The second-order valence-corrected chi connectivity index (χ2v) is 13.2. The molecule has 4 N–H and O–H groups in total. The first-order chi connectivity index (χ1) is 20.1. The van der Waals surface area contributed by atoms with Crippen LogP contribution in [-0.4, -0.2) is 72.0 Å². The molecule has 3 aromatic rings. The van der Waals surface area contributed by atoms with E-state index >= 15 is 0 Å². The van der Waals surface area contributed by atoms with E-state index in [1.165, 1.54) is 18.6 Å². The van der Waals surface area contributed by atoms with Gasteiger partial charge in [0.05, 0.1) is 17.2 Å². The lowest BCUT2D eigenvalue weighted by atomic mass is 9.88. The number of nitrogens with zero attached hydrogens (tertiary/aromatic N) is 4. The number of hydrogen-bond acceptors (Lipinski definition) is 7. The zero-order valence-corrected chi connectivity index (χ0v) is 24.7. The number of thiophene rings is 1. The summed E-state index contributed by atoms with van der Waals surface area (Å²) in [7, 11) is -3.40. The Kier molecular flexibility index (Phi) is 9.22. The third-order valence-electron chi connectivity index (χ3n) is 8.22. The molecular weight excluding hydrogens is 587 g/mol. The molecule has 0 bridgehead atoms. The van der Waals surface area contributed by atoms with Gasteiger partial charge in [0.1, 0.15) is 6.04 Å². The largest absolute Gasteiger partial charge is 0.365 e. The van der Waals surface area contributed by atoms with Crippen molar-refractivity contribution in [1.82, 2.24) is 19.4 Å². The number of carbonyl (C=O) groups excluding carboxylic acids is 3. The van der Waals surface area contributed by atoms with Crippen molar-refractivity contribution < 1.29 is 33.0 Å². The summed E-state index contributed by atoms with van der Waals surface area (Å²) in [5.41, 5.74) is 0.900. The van der Waals surface area contributed by atoms with E-state index < -0.39 is 25.5 Å². The molecule has 14 heteroatoms. The maximum absolute atomic E-state index is 13.4. The fourth-order valence-electron chi connectivity index (χ4n) is 5.93. The molecule has 1 aromatic carbocycles. The minimum atomic E-state index is -3.70.